The number of carbonyl (C=O) groups is 1. The van der Waals surface area contributed by atoms with Gasteiger partial charge in [-0.3, -0.25) is 4.79 Å². The van der Waals surface area contributed by atoms with E-state index in [2.05, 4.69) is 4.98 Å². The number of pyridine rings is 1. The highest BCUT2D eigenvalue weighted by molar-refractivity contribution is 5.95. The molecule has 0 aliphatic heterocycles. The van der Waals surface area contributed by atoms with E-state index in [1.54, 1.807) is 6.92 Å². The van der Waals surface area contributed by atoms with Gasteiger partial charge in [-0.25, -0.2) is 9.37 Å². The number of nitrogens with zero attached hydrogens (tertiary/aromatic N) is 1. The van der Waals surface area contributed by atoms with Crippen molar-refractivity contribution in [2.24, 2.45) is 5.73 Å². The van der Waals surface area contributed by atoms with Gasteiger partial charge in [-0.1, -0.05) is 6.92 Å². The molecule has 0 fully saturated rings. The molecule has 0 bridgehead atoms. The molecule has 0 aliphatic rings. The molecule has 0 spiro atoms. The number of rotatable bonds is 2. The van der Waals surface area contributed by atoms with Crippen LogP contribution in [0, 0.1) is 5.82 Å². The van der Waals surface area contributed by atoms with Crippen LogP contribution in [0.4, 0.5) is 10.1 Å². The lowest BCUT2D eigenvalue weighted by Gasteiger charge is -2.04. The van der Waals surface area contributed by atoms with Gasteiger partial charge in [0.15, 0.2) is 5.69 Å². The first-order valence-corrected chi connectivity index (χ1v) is 3.81. The number of amides is 1. The van der Waals surface area contributed by atoms with Gasteiger partial charge in [0, 0.05) is 6.07 Å². The molecule has 0 saturated heterocycles. The van der Waals surface area contributed by atoms with Crippen molar-refractivity contribution in [2.75, 3.05) is 5.73 Å². The molecule has 1 aromatic rings. The molecule has 4 nitrogen and oxygen atoms in total. The Hall–Kier alpha value is -1.65. The summed E-state index contributed by atoms with van der Waals surface area (Å²) in [5.41, 5.74) is 10.4. The molecular weight excluding hydrogens is 173 g/mol. The first kappa shape index (κ1) is 9.44. The SMILES string of the molecule is CCc1nc(C(N)=O)c(N)cc1F. The number of hydrogen-bond donors (Lipinski definition) is 2. The minimum atomic E-state index is -0.743. The van der Waals surface area contributed by atoms with Crippen LogP contribution < -0.4 is 11.5 Å². The number of nitrogen functional groups attached to an aromatic ring is 1. The van der Waals surface area contributed by atoms with Gasteiger partial charge in [0.2, 0.25) is 0 Å². The molecule has 4 N–H and O–H groups in total. The van der Waals surface area contributed by atoms with Gasteiger partial charge in [0.25, 0.3) is 5.91 Å². The van der Waals surface area contributed by atoms with E-state index in [0.29, 0.717) is 6.42 Å². The van der Waals surface area contributed by atoms with Crippen LogP contribution in [0.1, 0.15) is 23.1 Å². The van der Waals surface area contributed by atoms with Crippen LogP contribution in [0.3, 0.4) is 0 Å². The van der Waals surface area contributed by atoms with Crippen LogP contribution in [-0.2, 0) is 6.42 Å². The van der Waals surface area contributed by atoms with Crippen molar-refractivity contribution in [3.63, 3.8) is 0 Å². The van der Waals surface area contributed by atoms with E-state index < -0.39 is 11.7 Å². The molecule has 1 aromatic heterocycles. The van der Waals surface area contributed by atoms with Crippen LogP contribution >= 0.6 is 0 Å². The van der Waals surface area contributed by atoms with Crippen LogP contribution in [0.5, 0.6) is 0 Å². The van der Waals surface area contributed by atoms with E-state index >= 15 is 0 Å². The molecule has 0 radical (unpaired) electrons. The van der Waals surface area contributed by atoms with Crippen molar-refractivity contribution in [2.45, 2.75) is 13.3 Å². The largest absolute Gasteiger partial charge is 0.397 e. The van der Waals surface area contributed by atoms with Gasteiger partial charge >= 0.3 is 0 Å². The van der Waals surface area contributed by atoms with Crippen molar-refractivity contribution in [1.29, 1.82) is 0 Å². The minimum Gasteiger partial charge on any atom is -0.397 e. The lowest BCUT2D eigenvalue weighted by Crippen LogP contribution is -2.17. The maximum atomic E-state index is 13.0. The number of anilines is 1. The Bertz CT molecular complexity index is 351. The molecule has 1 rings (SSSR count). The summed E-state index contributed by atoms with van der Waals surface area (Å²) in [6, 6.07) is 1.06. The molecule has 0 atom stereocenters. The Kier molecular flexibility index (Phi) is 2.46. The van der Waals surface area contributed by atoms with Gasteiger partial charge in [-0.15, -0.1) is 0 Å². The van der Waals surface area contributed by atoms with Crippen LogP contribution in [-0.4, -0.2) is 10.9 Å². The zero-order valence-electron chi connectivity index (χ0n) is 7.17. The van der Waals surface area contributed by atoms with E-state index in [1.807, 2.05) is 0 Å². The van der Waals surface area contributed by atoms with E-state index in [0.717, 1.165) is 6.07 Å². The quantitative estimate of drug-likeness (QED) is 0.698. The number of hydrogen-bond acceptors (Lipinski definition) is 3. The fourth-order valence-electron chi connectivity index (χ4n) is 0.986. The van der Waals surface area contributed by atoms with Crippen LogP contribution in [0.25, 0.3) is 0 Å². The molecule has 1 amide bonds. The minimum absolute atomic E-state index is 0.0257. The Labute approximate surface area is 74.8 Å². The van der Waals surface area contributed by atoms with Crippen molar-refractivity contribution in [3.05, 3.63) is 23.3 Å². The van der Waals surface area contributed by atoms with E-state index in [-0.39, 0.29) is 17.1 Å². The normalized spacial score (nSPS) is 10.0. The fourth-order valence-corrected chi connectivity index (χ4v) is 0.986. The molecule has 70 valence electrons. The first-order valence-electron chi connectivity index (χ1n) is 3.81. The third-order valence-electron chi connectivity index (χ3n) is 1.65. The summed E-state index contributed by atoms with van der Waals surface area (Å²) in [5.74, 6) is -1.25. The first-order chi connectivity index (χ1) is 6.06. The van der Waals surface area contributed by atoms with E-state index in [9.17, 15) is 9.18 Å². The second-order valence-electron chi connectivity index (χ2n) is 2.57. The van der Waals surface area contributed by atoms with Gasteiger partial charge in [0.1, 0.15) is 5.82 Å². The Balaban J connectivity index is 3.30. The maximum Gasteiger partial charge on any atom is 0.269 e. The fraction of sp³-hybridized carbons (Fsp3) is 0.250. The van der Waals surface area contributed by atoms with Crippen molar-refractivity contribution in [1.82, 2.24) is 4.98 Å². The Morgan fingerprint density at radius 1 is 1.69 bits per heavy atom. The number of aryl methyl sites for hydroxylation is 1. The summed E-state index contributed by atoms with van der Waals surface area (Å²) in [7, 11) is 0. The highest BCUT2D eigenvalue weighted by Crippen LogP contribution is 2.13. The molecule has 0 unspecified atom stereocenters. The monoisotopic (exact) mass is 183 g/mol. The third-order valence-corrected chi connectivity index (χ3v) is 1.65. The third kappa shape index (κ3) is 1.74. The standard InChI is InChI=1S/C8H10FN3O/c1-2-6-4(9)3-5(10)7(12-6)8(11)13/h3H,2,10H2,1H3,(H2,11,13). The summed E-state index contributed by atoms with van der Waals surface area (Å²) >= 11 is 0. The highest BCUT2D eigenvalue weighted by atomic mass is 19.1. The average Bonchev–Trinajstić information content (AvgIpc) is 2.03. The van der Waals surface area contributed by atoms with Gasteiger partial charge < -0.3 is 11.5 Å². The van der Waals surface area contributed by atoms with Crippen LogP contribution in [0.15, 0.2) is 6.07 Å². The molecule has 0 aliphatic carbocycles. The van der Waals surface area contributed by atoms with Gasteiger partial charge in [-0.2, -0.15) is 0 Å². The van der Waals surface area contributed by atoms with Crippen molar-refractivity contribution in [3.8, 4) is 0 Å². The predicted octanol–water partition coefficient (Wildman–Crippen LogP) is 0.464. The number of halogens is 1. The molecule has 0 saturated carbocycles. The Morgan fingerprint density at radius 2 is 2.31 bits per heavy atom. The molecular formula is C8H10FN3O. The second kappa shape index (κ2) is 3.38. The average molecular weight is 183 g/mol. The zero-order valence-corrected chi connectivity index (χ0v) is 7.17. The van der Waals surface area contributed by atoms with Gasteiger partial charge in [-0.05, 0) is 6.42 Å². The van der Waals surface area contributed by atoms with Crippen molar-refractivity contribution >= 4 is 11.6 Å². The summed E-state index contributed by atoms with van der Waals surface area (Å²) in [4.78, 5) is 14.5. The zero-order chi connectivity index (χ0) is 10.0. The molecule has 1 heterocycles. The summed E-state index contributed by atoms with van der Waals surface area (Å²) in [6.45, 7) is 1.73. The molecule has 0 aromatic carbocycles. The lowest BCUT2D eigenvalue weighted by atomic mass is 10.2. The Morgan fingerprint density at radius 3 is 2.77 bits per heavy atom. The predicted molar refractivity (Wildman–Crippen MR) is 46.5 cm³/mol. The number of nitrogens with two attached hydrogens (primary N) is 2. The van der Waals surface area contributed by atoms with Gasteiger partial charge in [0.05, 0.1) is 11.4 Å². The number of aromatic nitrogens is 1. The maximum absolute atomic E-state index is 13.0. The number of primary amides is 1. The summed E-state index contributed by atoms with van der Waals surface area (Å²) in [5, 5.41) is 0. The number of carbonyl (C=O) groups excluding carboxylic acids is 1. The van der Waals surface area contributed by atoms with E-state index in [1.165, 1.54) is 0 Å². The van der Waals surface area contributed by atoms with E-state index in [4.69, 9.17) is 11.5 Å². The second-order valence-corrected chi connectivity index (χ2v) is 2.57. The summed E-state index contributed by atoms with van der Waals surface area (Å²) in [6.07, 6.45) is 0.395. The smallest absolute Gasteiger partial charge is 0.269 e. The molecule has 5 heteroatoms. The molecule has 13 heavy (non-hydrogen) atoms. The summed E-state index contributed by atoms with van der Waals surface area (Å²) < 4.78 is 13.0. The highest BCUT2D eigenvalue weighted by Gasteiger charge is 2.12. The van der Waals surface area contributed by atoms with Crippen molar-refractivity contribution < 1.29 is 9.18 Å². The topological polar surface area (TPSA) is 82.0 Å². The van der Waals surface area contributed by atoms with Crippen LogP contribution in [0.2, 0.25) is 0 Å². The lowest BCUT2D eigenvalue weighted by molar-refractivity contribution is 0.0996.